The summed E-state index contributed by atoms with van der Waals surface area (Å²) in [6.45, 7) is 5.64. The van der Waals surface area contributed by atoms with Gasteiger partial charge in [0.2, 0.25) is 0 Å². The van der Waals surface area contributed by atoms with Crippen LogP contribution in [0.3, 0.4) is 0 Å². The van der Waals surface area contributed by atoms with Gasteiger partial charge in [0, 0.05) is 45.8 Å². The van der Waals surface area contributed by atoms with E-state index < -0.39 is 0 Å². The van der Waals surface area contributed by atoms with E-state index in [4.69, 9.17) is 9.47 Å². The largest absolute Gasteiger partial charge is 0.496 e. The molecule has 6 nitrogen and oxygen atoms in total. The molecule has 0 spiro atoms. The van der Waals surface area contributed by atoms with Crippen LogP contribution in [0.5, 0.6) is 5.75 Å². The van der Waals surface area contributed by atoms with Crippen LogP contribution in [0.2, 0.25) is 0 Å². The molecular weight excluding hydrogens is 320 g/mol. The molecule has 0 aliphatic carbocycles. The third-order valence-corrected chi connectivity index (χ3v) is 4.91. The molecule has 1 saturated heterocycles. The first-order chi connectivity index (χ1) is 12.0. The number of methoxy groups -OCH3 is 2. The first-order valence-corrected chi connectivity index (χ1v) is 8.72. The molecule has 1 N–H and O–H groups in total. The van der Waals surface area contributed by atoms with Gasteiger partial charge in [0.1, 0.15) is 5.75 Å². The molecule has 1 heterocycles. The Morgan fingerprint density at radius 3 is 2.68 bits per heavy atom. The first kappa shape index (κ1) is 19.7. The summed E-state index contributed by atoms with van der Waals surface area (Å²) in [5.74, 6) is 0.925. The molecule has 140 valence electrons. The zero-order valence-electron chi connectivity index (χ0n) is 15.7. The third-order valence-electron chi connectivity index (χ3n) is 4.91. The van der Waals surface area contributed by atoms with Crippen LogP contribution < -0.4 is 4.74 Å². The van der Waals surface area contributed by atoms with Crippen molar-refractivity contribution in [1.29, 1.82) is 0 Å². The quantitative estimate of drug-likeness (QED) is 0.765. The number of aryl methyl sites for hydroxylation is 1. The van der Waals surface area contributed by atoms with Crippen molar-refractivity contribution in [2.24, 2.45) is 11.8 Å². The Morgan fingerprint density at radius 1 is 1.32 bits per heavy atom. The molecule has 2 atom stereocenters. The monoisotopic (exact) mass is 350 g/mol. The zero-order chi connectivity index (χ0) is 18.4. The summed E-state index contributed by atoms with van der Waals surface area (Å²) in [5, 5.41) is 9.73. The summed E-state index contributed by atoms with van der Waals surface area (Å²) < 4.78 is 10.5. The number of hydrogen-bond acceptors (Lipinski definition) is 5. The number of benzene rings is 1. The molecule has 0 unspecified atom stereocenters. The standard InChI is InChI=1S/C19H30N2O4/c1-14-5-6-18(25-4)17(9-14)19(23)21-11-15(16(12-21)13-22)10-20(2)7-8-24-3/h5-6,9,15-16,22H,7-8,10-13H2,1-4H3/t15-,16-/m1/s1. The fourth-order valence-corrected chi connectivity index (χ4v) is 3.42. The van der Waals surface area contributed by atoms with E-state index in [0.717, 1.165) is 18.7 Å². The number of likely N-dealkylation sites (N-methyl/N-ethyl adjacent to an activating group) is 1. The van der Waals surface area contributed by atoms with E-state index in [1.807, 2.05) is 37.1 Å². The fraction of sp³-hybridized carbons (Fsp3) is 0.632. The van der Waals surface area contributed by atoms with Crippen LogP contribution in [-0.4, -0.2) is 81.5 Å². The predicted molar refractivity (Wildman–Crippen MR) is 97.1 cm³/mol. The molecule has 6 heteroatoms. The number of aliphatic hydroxyl groups excluding tert-OH is 1. The van der Waals surface area contributed by atoms with Gasteiger partial charge in [-0.2, -0.15) is 0 Å². The van der Waals surface area contributed by atoms with Crippen molar-refractivity contribution in [2.45, 2.75) is 6.92 Å². The van der Waals surface area contributed by atoms with Gasteiger partial charge in [-0.05, 0) is 32.0 Å². The van der Waals surface area contributed by atoms with Crippen LogP contribution >= 0.6 is 0 Å². The number of carbonyl (C=O) groups excluding carboxylic acids is 1. The van der Waals surface area contributed by atoms with Crippen LogP contribution in [0.25, 0.3) is 0 Å². The highest BCUT2D eigenvalue weighted by molar-refractivity contribution is 5.97. The average Bonchev–Trinajstić information content (AvgIpc) is 3.02. The summed E-state index contributed by atoms with van der Waals surface area (Å²) in [5.41, 5.74) is 1.62. The van der Waals surface area contributed by atoms with Crippen LogP contribution in [0.1, 0.15) is 15.9 Å². The van der Waals surface area contributed by atoms with Gasteiger partial charge in [-0.3, -0.25) is 4.79 Å². The first-order valence-electron chi connectivity index (χ1n) is 8.72. The smallest absolute Gasteiger partial charge is 0.257 e. The summed E-state index contributed by atoms with van der Waals surface area (Å²) in [7, 11) is 5.31. The lowest BCUT2D eigenvalue weighted by molar-refractivity contribution is 0.0775. The highest BCUT2D eigenvalue weighted by Crippen LogP contribution is 2.28. The summed E-state index contributed by atoms with van der Waals surface area (Å²) in [6, 6.07) is 5.63. The second-order valence-electron chi connectivity index (χ2n) is 6.87. The number of aliphatic hydroxyl groups is 1. The van der Waals surface area contributed by atoms with Gasteiger partial charge >= 0.3 is 0 Å². The molecule has 1 aliphatic rings. The fourth-order valence-electron chi connectivity index (χ4n) is 3.42. The van der Waals surface area contributed by atoms with Gasteiger partial charge in [-0.1, -0.05) is 11.6 Å². The Morgan fingerprint density at radius 2 is 2.04 bits per heavy atom. The number of hydrogen-bond donors (Lipinski definition) is 1. The maximum atomic E-state index is 13.0. The Kier molecular flexibility index (Phi) is 7.23. The second-order valence-corrected chi connectivity index (χ2v) is 6.87. The van der Waals surface area contributed by atoms with Crippen molar-refractivity contribution < 1.29 is 19.4 Å². The van der Waals surface area contributed by atoms with Crippen LogP contribution in [0.15, 0.2) is 18.2 Å². The molecule has 1 aliphatic heterocycles. The minimum atomic E-state index is -0.0268. The number of amides is 1. The van der Waals surface area contributed by atoms with Crippen molar-refractivity contribution >= 4 is 5.91 Å². The van der Waals surface area contributed by atoms with Gasteiger partial charge in [-0.15, -0.1) is 0 Å². The van der Waals surface area contributed by atoms with Gasteiger partial charge in [0.05, 0.1) is 19.3 Å². The Hall–Kier alpha value is -1.63. The van der Waals surface area contributed by atoms with E-state index in [1.165, 1.54) is 0 Å². The zero-order valence-corrected chi connectivity index (χ0v) is 15.7. The molecule has 2 rings (SSSR count). The molecule has 0 aromatic heterocycles. The van der Waals surface area contributed by atoms with Crippen LogP contribution in [0.4, 0.5) is 0 Å². The minimum Gasteiger partial charge on any atom is -0.496 e. The number of ether oxygens (including phenoxy) is 2. The van der Waals surface area contributed by atoms with Gasteiger partial charge in [0.25, 0.3) is 5.91 Å². The van der Waals surface area contributed by atoms with Gasteiger partial charge < -0.3 is 24.4 Å². The summed E-state index contributed by atoms with van der Waals surface area (Å²) >= 11 is 0. The van der Waals surface area contributed by atoms with Crippen molar-refractivity contribution in [1.82, 2.24) is 9.80 Å². The minimum absolute atomic E-state index is 0.0268. The summed E-state index contributed by atoms with van der Waals surface area (Å²) in [4.78, 5) is 17.0. The molecule has 0 bridgehead atoms. The normalized spacial score (nSPS) is 20.3. The molecule has 0 radical (unpaired) electrons. The van der Waals surface area contributed by atoms with Crippen molar-refractivity contribution in [3.8, 4) is 5.75 Å². The van der Waals surface area contributed by atoms with Crippen LogP contribution in [-0.2, 0) is 4.74 Å². The molecule has 1 aromatic carbocycles. The predicted octanol–water partition coefficient (Wildman–Crippen LogP) is 1.26. The van der Waals surface area contributed by atoms with Crippen molar-refractivity contribution in [3.05, 3.63) is 29.3 Å². The topological polar surface area (TPSA) is 62.2 Å². The van der Waals surface area contributed by atoms with Crippen LogP contribution in [0, 0.1) is 18.8 Å². The molecule has 25 heavy (non-hydrogen) atoms. The molecule has 1 aromatic rings. The highest BCUT2D eigenvalue weighted by atomic mass is 16.5. The number of carbonyl (C=O) groups is 1. The third kappa shape index (κ3) is 4.93. The van der Waals surface area contributed by atoms with E-state index in [-0.39, 0.29) is 24.3 Å². The lowest BCUT2D eigenvalue weighted by Crippen LogP contribution is -2.33. The van der Waals surface area contributed by atoms with E-state index >= 15 is 0 Å². The molecule has 1 amide bonds. The van der Waals surface area contributed by atoms with Gasteiger partial charge in [-0.25, -0.2) is 0 Å². The Balaban J connectivity index is 2.08. The molecular formula is C19H30N2O4. The Labute approximate surface area is 150 Å². The number of rotatable bonds is 8. The maximum Gasteiger partial charge on any atom is 0.257 e. The van der Waals surface area contributed by atoms with E-state index in [0.29, 0.717) is 31.0 Å². The number of nitrogens with zero attached hydrogens (tertiary/aromatic N) is 2. The van der Waals surface area contributed by atoms with Gasteiger partial charge in [0.15, 0.2) is 0 Å². The van der Waals surface area contributed by atoms with E-state index in [9.17, 15) is 9.90 Å². The second kappa shape index (κ2) is 9.17. The lowest BCUT2D eigenvalue weighted by atomic mass is 9.96. The maximum absolute atomic E-state index is 13.0. The summed E-state index contributed by atoms with van der Waals surface area (Å²) in [6.07, 6.45) is 0. The van der Waals surface area contributed by atoms with Crippen molar-refractivity contribution in [2.75, 3.05) is 60.7 Å². The van der Waals surface area contributed by atoms with E-state index in [1.54, 1.807) is 14.2 Å². The SMILES string of the molecule is COCCN(C)C[C@@H]1CN(C(=O)c2cc(C)ccc2OC)C[C@@H]1CO. The van der Waals surface area contributed by atoms with Crippen molar-refractivity contribution in [3.63, 3.8) is 0 Å². The number of likely N-dealkylation sites (tertiary alicyclic amines) is 1. The average molecular weight is 350 g/mol. The molecule has 0 saturated carbocycles. The Bertz CT molecular complexity index is 579. The highest BCUT2D eigenvalue weighted by Gasteiger charge is 2.36. The van der Waals surface area contributed by atoms with E-state index in [2.05, 4.69) is 4.90 Å². The molecule has 1 fully saturated rings. The lowest BCUT2D eigenvalue weighted by Gasteiger charge is -2.23.